The summed E-state index contributed by atoms with van der Waals surface area (Å²) in [6, 6.07) is 7.51. The molecule has 0 unspecified atom stereocenters. The Morgan fingerprint density at radius 1 is 1.50 bits per heavy atom. The summed E-state index contributed by atoms with van der Waals surface area (Å²) in [6.45, 7) is 1.60. The molecule has 2 nitrogen and oxygen atoms in total. The van der Waals surface area contributed by atoms with Crippen molar-refractivity contribution in [3.63, 3.8) is 0 Å². The molecule has 0 bridgehead atoms. The lowest BCUT2D eigenvalue weighted by atomic mass is 10.1. The van der Waals surface area contributed by atoms with E-state index in [0.29, 0.717) is 6.42 Å². The van der Waals surface area contributed by atoms with Crippen molar-refractivity contribution in [1.82, 2.24) is 0 Å². The second-order valence-corrected chi connectivity index (χ2v) is 4.52. The molecule has 0 heterocycles. The van der Waals surface area contributed by atoms with Crippen LogP contribution in [0.15, 0.2) is 24.3 Å². The molecule has 0 fully saturated rings. The molecule has 0 saturated carbocycles. The van der Waals surface area contributed by atoms with E-state index >= 15 is 0 Å². The number of aliphatic hydroxyl groups excluding tert-OH is 1. The molecule has 1 aromatic rings. The molecule has 0 amide bonds. The molecule has 1 N–H and O–H groups in total. The number of hydrogen-bond acceptors (Lipinski definition) is 3. The van der Waals surface area contributed by atoms with Crippen LogP contribution in [0.25, 0.3) is 0 Å². The molecule has 1 aromatic carbocycles. The van der Waals surface area contributed by atoms with Gasteiger partial charge in [0.15, 0.2) is 5.12 Å². The maximum Gasteiger partial charge on any atom is 0.185 e. The largest absolute Gasteiger partial charge is 0.392 e. The Morgan fingerprint density at radius 2 is 2.31 bits per heavy atom. The molecule has 0 saturated heterocycles. The summed E-state index contributed by atoms with van der Waals surface area (Å²) >= 11 is 1.29. The Hall–Kier alpha value is -1.24. The molecule has 0 aliphatic carbocycles. The first kappa shape index (κ1) is 12.8. The summed E-state index contributed by atoms with van der Waals surface area (Å²) in [5, 5.41) is 9.07. The Kier molecular flexibility index (Phi) is 5.69. The Morgan fingerprint density at radius 3 is 3.00 bits per heavy atom. The Bertz CT molecular complexity index is 415. The van der Waals surface area contributed by atoms with Crippen molar-refractivity contribution in [2.75, 3.05) is 5.75 Å². The fourth-order valence-electron chi connectivity index (χ4n) is 1.16. The van der Waals surface area contributed by atoms with Gasteiger partial charge in [-0.1, -0.05) is 35.7 Å². The molecule has 16 heavy (non-hydrogen) atoms. The van der Waals surface area contributed by atoms with Crippen molar-refractivity contribution >= 4 is 16.9 Å². The van der Waals surface area contributed by atoms with E-state index in [2.05, 4.69) is 11.8 Å². The van der Waals surface area contributed by atoms with Crippen molar-refractivity contribution < 1.29 is 9.90 Å². The maximum atomic E-state index is 10.6. The van der Waals surface area contributed by atoms with Gasteiger partial charge in [-0.2, -0.15) is 0 Å². The average Bonchev–Trinajstić information content (AvgIpc) is 2.28. The van der Waals surface area contributed by atoms with Crippen molar-refractivity contribution in [1.29, 1.82) is 0 Å². The summed E-state index contributed by atoms with van der Waals surface area (Å²) in [4.78, 5) is 10.6. The van der Waals surface area contributed by atoms with Gasteiger partial charge in [0.25, 0.3) is 0 Å². The molecular formula is C13H14O2S. The monoisotopic (exact) mass is 234 g/mol. The molecule has 0 aromatic heterocycles. The third-order valence-corrected chi connectivity index (χ3v) is 2.69. The second-order valence-electron chi connectivity index (χ2n) is 3.25. The molecule has 0 aliphatic heterocycles. The zero-order valence-electron chi connectivity index (χ0n) is 9.19. The first-order chi connectivity index (χ1) is 7.72. The topological polar surface area (TPSA) is 37.3 Å². The van der Waals surface area contributed by atoms with Crippen molar-refractivity contribution in [3.8, 4) is 11.8 Å². The molecule has 0 atom stereocenters. The minimum Gasteiger partial charge on any atom is -0.392 e. The van der Waals surface area contributed by atoms with Crippen LogP contribution in [0.4, 0.5) is 0 Å². The van der Waals surface area contributed by atoms with E-state index in [4.69, 9.17) is 5.11 Å². The highest BCUT2D eigenvalue weighted by atomic mass is 32.2. The SMILES string of the molecule is CC(=O)SCCC#Cc1cccc(CO)c1. The van der Waals surface area contributed by atoms with Gasteiger partial charge < -0.3 is 5.11 Å². The van der Waals surface area contributed by atoms with Gasteiger partial charge in [0.2, 0.25) is 0 Å². The normalized spacial score (nSPS) is 9.38. The van der Waals surface area contributed by atoms with E-state index in [-0.39, 0.29) is 11.7 Å². The zero-order chi connectivity index (χ0) is 11.8. The first-order valence-corrected chi connectivity index (χ1v) is 6.03. The number of benzene rings is 1. The van der Waals surface area contributed by atoms with Gasteiger partial charge in [-0.25, -0.2) is 0 Å². The number of rotatable bonds is 3. The van der Waals surface area contributed by atoms with Crippen LogP contribution in [-0.4, -0.2) is 16.0 Å². The maximum absolute atomic E-state index is 10.6. The molecular weight excluding hydrogens is 220 g/mol. The lowest BCUT2D eigenvalue weighted by Gasteiger charge is -1.95. The van der Waals surface area contributed by atoms with Crippen LogP contribution >= 0.6 is 11.8 Å². The standard InChI is InChI=1S/C13H14O2S/c1-11(15)16-8-3-2-5-12-6-4-7-13(9-12)10-14/h4,6-7,9,14H,3,8,10H2,1H3. The molecule has 3 heteroatoms. The third-order valence-electron chi connectivity index (χ3n) is 1.87. The molecule has 0 radical (unpaired) electrons. The summed E-state index contributed by atoms with van der Waals surface area (Å²) in [7, 11) is 0. The summed E-state index contributed by atoms with van der Waals surface area (Å²) in [5.41, 5.74) is 1.77. The number of thioether (sulfide) groups is 1. The smallest absolute Gasteiger partial charge is 0.185 e. The lowest BCUT2D eigenvalue weighted by molar-refractivity contribution is -0.109. The molecule has 0 aliphatic rings. The van der Waals surface area contributed by atoms with E-state index in [0.717, 1.165) is 16.9 Å². The lowest BCUT2D eigenvalue weighted by Crippen LogP contribution is -1.85. The fourth-order valence-corrected chi connectivity index (χ4v) is 1.65. The van der Waals surface area contributed by atoms with E-state index in [9.17, 15) is 4.79 Å². The van der Waals surface area contributed by atoms with Gasteiger partial charge in [0, 0.05) is 24.7 Å². The van der Waals surface area contributed by atoms with Crippen LogP contribution in [0.5, 0.6) is 0 Å². The number of carbonyl (C=O) groups excluding carboxylic acids is 1. The van der Waals surface area contributed by atoms with Crippen molar-refractivity contribution in [2.45, 2.75) is 20.0 Å². The van der Waals surface area contributed by atoms with Crippen LogP contribution < -0.4 is 0 Å². The minimum atomic E-state index is 0.0374. The predicted molar refractivity (Wildman–Crippen MR) is 67.0 cm³/mol. The predicted octanol–water partition coefficient (Wildman–Crippen LogP) is 2.20. The number of hydrogen-bond donors (Lipinski definition) is 1. The fraction of sp³-hybridized carbons (Fsp3) is 0.308. The van der Waals surface area contributed by atoms with Crippen molar-refractivity contribution in [2.24, 2.45) is 0 Å². The molecule has 0 spiro atoms. The number of carbonyl (C=O) groups is 1. The van der Waals surface area contributed by atoms with Crippen LogP contribution in [0, 0.1) is 11.8 Å². The number of aliphatic hydroxyl groups is 1. The van der Waals surface area contributed by atoms with Crippen LogP contribution in [0.2, 0.25) is 0 Å². The van der Waals surface area contributed by atoms with Gasteiger partial charge in [-0.05, 0) is 17.7 Å². The van der Waals surface area contributed by atoms with Crippen LogP contribution in [0.1, 0.15) is 24.5 Å². The highest BCUT2D eigenvalue weighted by Gasteiger charge is 1.92. The van der Waals surface area contributed by atoms with Crippen LogP contribution in [0.3, 0.4) is 0 Å². The van der Waals surface area contributed by atoms with Crippen molar-refractivity contribution in [3.05, 3.63) is 35.4 Å². The molecule has 84 valence electrons. The Labute approximate surface area is 100 Å². The van der Waals surface area contributed by atoms with E-state index < -0.39 is 0 Å². The second kappa shape index (κ2) is 7.10. The third kappa shape index (κ3) is 5.01. The highest BCUT2D eigenvalue weighted by Crippen LogP contribution is 2.05. The van der Waals surface area contributed by atoms with E-state index in [1.54, 1.807) is 6.92 Å². The first-order valence-electron chi connectivity index (χ1n) is 5.04. The van der Waals surface area contributed by atoms with Gasteiger partial charge in [-0.3, -0.25) is 4.79 Å². The van der Waals surface area contributed by atoms with Gasteiger partial charge in [0.05, 0.1) is 6.61 Å². The van der Waals surface area contributed by atoms with Gasteiger partial charge in [0.1, 0.15) is 0 Å². The van der Waals surface area contributed by atoms with Gasteiger partial charge in [-0.15, -0.1) is 0 Å². The van der Waals surface area contributed by atoms with E-state index in [1.807, 2.05) is 24.3 Å². The molecule has 1 rings (SSSR count). The summed E-state index contributed by atoms with van der Waals surface area (Å²) < 4.78 is 0. The quantitative estimate of drug-likeness (QED) is 0.643. The summed E-state index contributed by atoms with van der Waals surface area (Å²) in [6.07, 6.45) is 0.702. The minimum absolute atomic E-state index is 0.0374. The van der Waals surface area contributed by atoms with E-state index in [1.165, 1.54) is 11.8 Å². The Balaban J connectivity index is 2.46. The average molecular weight is 234 g/mol. The highest BCUT2D eigenvalue weighted by molar-refractivity contribution is 8.13. The van der Waals surface area contributed by atoms with Gasteiger partial charge >= 0.3 is 0 Å². The zero-order valence-corrected chi connectivity index (χ0v) is 10.0. The van der Waals surface area contributed by atoms with Crippen LogP contribution in [-0.2, 0) is 11.4 Å². The summed E-state index contributed by atoms with van der Waals surface area (Å²) in [5.74, 6) is 6.75.